The summed E-state index contributed by atoms with van der Waals surface area (Å²) in [7, 11) is 1.66. The highest BCUT2D eigenvalue weighted by molar-refractivity contribution is 5.70. The number of carbonyl (C=O) groups is 1. The number of hydrogen-bond donors (Lipinski definition) is 1. The minimum Gasteiger partial charge on any atom is -0.481 e. The zero-order chi connectivity index (χ0) is 11.6. The van der Waals surface area contributed by atoms with Crippen LogP contribution in [-0.4, -0.2) is 18.2 Å². The summed E-state index contributed by atoms with van der Waals surface area (Å²) in [6.45, 7) is 0.553. The van der Waals surface area contributed by atoms with E-state index in [1.165, 1.54) is 0 Å². The van der Waals surface area contributed by atoms with Gasteiger partial charge in [0.2, 0.25) is 0 Å². The highest BCUT2D eigenvalue weighted by Gasteiger charge is 2.46. The Morgan fingerprint density at radius 2 is 2.12 bits per heavy atom. The molecule has 3 nitrogen and oxygen atoms in total. The van der Waals surface area contributed by atoms with Crippen molar-refractivity contribution in [3.05, 3.63) is 35.4 Å². The third-order valence-corrected chi connectivity index (χ3v) is 3.23. The summed E-state index contributed by atoms with van der Waals surface area (Å²) in [5, 5.41) is 8.94. The normalized spacial score (nSPS) is 17.1. The lowest BCUT2D eigenvalue weighted by atomic mass is 9.89. The maximum atomic E-state index is 10.9. The predicted molar refractivity (Wildman–Crippen MR) is 60.3 cm³/mol. The Morgan fingerprint density at radius 1 is 1.44 bits per heavy atom. The molecule has 16 heavy (non-hydrogen) atoms. The molecule has 0 spiro atoms. The first-order chi connectivity index (χ1) is 7.68. The molecule has 0 atom stereocenters. The monoisotopic (exact) mass is 220 g/mol. The van der Waals surface area contributed by atoms with E-state index in [4.69, 9.17) is 9.84 Å². The van der Waals surface area contributed by atoms with Crippen LogP contribution in [-0.2, 0) is 21.6 Å². The van der Waals surface area contributed by atoms with Crippen LogP contribution in [0.1, 0.15) is 30.4 Å². The van der Waals surface area contributed by atoms with Crippen LogP contribution in [0.3, 0.4) is 0 Å². The van der Waals surface area contributed by atoms with Crippen LogP contribution in [0, 0.1) is 0 Å². The molecular weight excluding hydrogens is 204 g/mol. The van der Waals surface area contributed by atoms with Gasteiger partial charge in [0.15, 0.2) is 0 Å². The van der Waals surface area contributed by atoms with E-state index in [0.29, 0.717) is 6.61 Å². The lowest BCUT2D eigenvalue weighted by Gasteiger charge is -2.17. The van der Waals surface area contributed by atoms with Gasteiger partial charge in [-0.15, -0.1) is 0 Å². The molecule has 0 amide bonds. The Hall–Kier alpha value is -1.35. The number of carboxylic acid groups (broad SMARTS) is 1. The van der Waals surface area contributed by atoms with Crippen molar-refractivity contribution < 1.29 is 14.6 Å². The molecule has 0 unspecified atom stereocenters. The molecule has 1 N–H and O–H groups in total. The number of methoxy groups -OCH3 is 1. The zero-order valence-corrected chi connectivity index (χ0v) is 9.40. The molecule has 86 valence electrons. The largest absolute Gasteiger partial charge is 0.481 e. The SMILES string of the molecule is COCc1ccccc1C1(CC(=O)O)CC1. The summed E-state index contributed by atoms with van der Waals surface area (Å²) in [4.78, 5) is 10.9. The lowest BCUT2D eigenvalue weighted by molar-refractivity contribution is -0.137. The smallest absolute Gasteiger partial charge is 0.304 e. The lowest BCUT2D eigenvalue weighted by Crippen LogP contribution is -2.15. The average Bonchev–Trinajstić information content (AvgIpc) is 2.99. The van der Waals surface area contributed by atoms with Crippen molar-refractivity contribution in [2.45, 2.75) is 31.3 Å². The molecule has 0 saturated heterocycles. The molecular formula is C13H16O3. The first kappa shape index (κ1) is 11.1. The molecule has 1 saturated carbocycles. The van der Waals surface area contributed by atoms with Crippen molar-refractivity contribution in [3.8, 4) is 0 Å². The fraction of sp³-hybridized carbons (Fsp3) is 0.462. The second kappa shape index (κ2) is 4.26. The number of aliphatic carboxylic acids is 1. The Labute approximate surface area is 95.0 Å². The summed E-state index contributed by atoms with van der Waals surface area (Å²) in [5.74, 6) is -0.718. The fourth-order valence-electron chi connectivity index (χ4n) is 2.30. The first-order valence-electron chi connectivity index (χ1n) is 5.47. The number of benzene rings is 1. The van der Waals surface area contributed by atoms with Crippen molar-refractivity contribution in [1.82, 2.24) is 0 Å². The highest BCUT2D eigenvalue weighted by atomic mass is 16.5. The molecule has 0 heterocycles. The molecule has 0 bridgehead atoms. The molecule has 1 aliphatic rings. The summed E-state index contributed by atoms with van der Waals surface area (Å²) in [6.07, 6.45) is 2.17. The van der Waals surface area contributed by atoms with Crippen molar-refractivity contribution in [3.63, 3.8) is 0 Å². The second-order valence-corrected chi connectivity index (χ2v) is 4.44. The van der Waals surface area contributed by atoms with Crippen LogP contribution in [0.2, 0.25) is 0 Å². The van der Waals surface area contributed by atoms with Crippen LogP contribution < -0.4 is 0 Å². The van der Waals surface area contributed by atoms with E-state index in [9.17, 15) is 4.79 Å². The van der Waals surface area contributed by atoms with E-state index >= 15 is 0 Å². The van der Waals surface area contributed by atoms with E-state index in [0.717, 1.165) is 24.0 Å². The standard InChI is InChI=1S/C13H16O3/c1-16-9-10-4-2-3-5-11(10)13(6-7-13)8-12(14)15/h2-5H,6-9H2,1H3,(H,14,15). The van der Waals surface area contributed by atoms with Crippen LogP contribution in [0.15, 0.2) is 24.3 Å². The quantitative estimate of drug-likeness (QED) is 0.828. The molecule has 0 aliphatic heterocycles. The van der Waals surface area contributed by atoms with Gasteiger partial charge in [-0.05, 0) is 24.0 Å². The van der Waals surface area contributed by atoms with Crippen molar-refractivity contribution in [1.29, 1.82) is 0 Å². The Balaban J connectivity index is 2.29. The zero-order valence-electron chi connectivity index (χ0n) is 9.40. The molecule has 1 aromatic carbocycles. The summed E-state index contributed by atoms with van der Waals surface area (Å²) < 4.78 is 5.15. The Bertz CT molecular complexity index is 394. The molecule has 3 heteroatoms. The van der Waals surface area contributed by atoms with Gasteiger partial charge in [0.25, 0.3) is 0 Å². The van der Waals surface area contributed by atoms with Crippen LogP contribution in [0.5, 0.6) is 0 Å². The summed E-state index contributed by atoms with van der Waals surface area (Å²) in [6, 6.07) is 7.98. The number of carboxylic acids is 1. The van der Waals surface area contributed by atoms with Crippen LogP contribution in [0.25, 0.3) is 0 Å². The second-order valence-electron chi connectivity index (χ2n) is 4.44. The molecule has 1 aliphatic carbocycles. The van der Waals surface area contributed by atoms with Gasteiger partial charge in [-0.3, -0.25) is 4.79 Å². The van der Waals surface area contributed by atoms with E-state index < -0.39 is 5.97 Å². The minimum atomic E-state index is -0.718. The Kier molecular flexibility index (Phi) is 2.97. The summed E-state index contributed by atoms with van der Waals surface area (Å²) in [5.41, 5.74) is 2.14. The van der Waals surface area contributed by atoms with Gasteiger partial charge in [0, 0.05) is 12.5 Å². The van der Waals surface area contributed by atoms with Gasteiger partial charge in [0.1, 0.15) is 0 Å². The third-order valence-electron chi connectivity index (χ3n) is 3.23. The van der Waals surface area contributed by atoms with Crippen molar-refractivity contribution in [2.24, 2.45) is 0 Å². The molecule has 0 aromatic heterocycles. The predicted octanol–water partition coefficient (Wildman–Crippen LogP) is 2.34. The van der Waals surface area contributed by atoms with Gasteiger partial charge < -0.3 is 9.84 Å². The van der Waals surface area contributed by atoms with Crippen molar-refractivity contribution >= 4 is 5.97 Å². The Morgan fingerprint density at radius 3 is 2.69 bits per heavy atom. The highest BCUT2D eigenvalue weighted by Crippen LogP contribution is 2.52. The minimum absolute atomic E-state index is 0.124. The van der Waals surface area contributed by atoms with Gasteiger partial charge in [-0.1, -0.05) is 24.3 Å². The van der Waals surface area contributed by atoms with Gasteiger partial charge in [0.05, 0.1) is 13.0 Å². The molecule has 1 fully saturated rings. The van der Waals surface area contributed by atoms with E-state index in [1.54, 1.807) is 7.11 Å². The third kappa shape index (κ3) is 2.09. The maximum Gasteiger partial charge on any atom is 0.304 e. The van der Waals surface area contributed by atoms with E-state index in [2.05, 4.69) is 0 Å². The van der Waals surface area contributed by atoms with Crippen molar-refractivity contribution in [2.75, 3.05) is 7.11 Å². The van der Waals surface area contributed by atoms with Gasteiger partial charge in [-0.25, -0.2) is 0 Å². The van der Waals surface area contributed by atoms with Crippen LogP contribution in [0.4, 0.5) is 0 Å². The van der Waals surface area contributed by atoms with Crippen LogP contribution >= 0.6 is 0 Å². The van der Waals surface area contributed by atoms with E-state index in [1.807, 2.05) is 24.3 Å². The first-order valence-corrected chi connectivity index (χ1v) is 5.47. The average molecular weight is 220 g/mol. The molecule has 2 rings (SSSR count). The number of ether oxygens (including phenoxy) is 1. The van der Waals surface area contributed by atoms with E-state index in [-0.39, 0.29) is 11.8 Å². The topological polar surface area (TPSA) is 46.5 Å². The number of rotatable bonds is 5. The summed E-state index contributed by atoms with van der Waals surface area (Å²) >= 11 is 0. The number of hydrogen-bond acceptors (Lipinski definition) is 2. The fourth-order valence-corrected chi connectivity index (χ4v) is 2.30. The molecule has 1 aromatic rings. The van der Waals surface area contributed by atoms with Gasteiger partial charge >= 0.3 is 5.97 Å². The molecule has 0 radical (unpaired) electrons. The maximum absolute atomic E-state index is 10.9. The van der Waals surface area contributed by atoms with Gasteiger partial charge in [-0.2, -0.15) is 0 Å².